The number of aryl methyl sites for hydroxylation is 1. The lowest BCUT2D eigenvalue weighted by Crippen LogP contribution is -2.33. The summed E-state index contributed by atoms with van der Waals surface area (Å²) in [5, 5.41) is 2.95. The molecule has 1 N–H and O–H groups in total. The monoisotopic (exact) mass is 401 g/mol. The number of benzene rings is 2. The number of hydrogen-bond donors (Lipinski definition) is 1. The highest BCUT2D eigenvalue weighted by molar-refractivity contribution is 6.11. The Hall–Kier alpha value is -3.67. The number of nitrogens with one attached hydrogen (secondary N) is 1. The van der Waals surface area contributed by atoms with Gasteiger partial charge < -0.3 is 10.1 Å². The van der Waals surface area contributed by atoms with Gasteiger partial charge >= 0.3 is 0 Å². The molecular weight excluding hydrogens is 378 g/mol. The van der Waals surface area contributed by atoms with Crippen LogP contribution < -0.4 is 15.0 Å². The molecule has 152 valence electrons. The van der Waals surface area contributed by atoms with Crippen molar-refractivity contribution in [3.05, 3.63) is 89.2 Å². The van der Waals surface area contributed by atoms with Crippen molar-refractivity contribution in [3.63, 3.8) is 0 Å². The summed E-state index contributed by atoms with van der Waals surface area (Å²) in [5.41, 5.74) is 3.94. The first-order valence-corrected chi connectivity index (χ1v) is 9.81. The number of fused-ring (bicyclic) bond motifs is 1. The third-order valence-corrected chi connectivity index (χ3v) is 5.20. The van der Waals surface area contributed by atoms with E-state index in [1.54, 1.807) is 30.3 Å². The zero-order chi connectivity index (χ0) is 21.1. The van der Waals surface area contributed by atoms with Gasteiger partial charge in [-0.05, 0) is 54.4 Å². The van der Waals surface area contributed by atoms with Crippen molar-refractivity contribution < 1.29 is 14.3 Å². The first-order valence-electron chi connectivity index (χ1n) is 9.81. The number of amides is 2. The Morgan fingerprint density at radius 2 is 1.97 bits per heavy atom. The van der Waals surface area contributed by atoms with E-state index in [2.05, 4.69) is 10.3 Å². The molecule has 1 aliphatic rings. The number of carbonyl (C=O) groups is 2. The fraction of sp³-hybridized carbons (Fsp3) is 0.208. The summed E-state index contributed by atoms with van der Waals surface area (Å²) in [5.74, 6) is 0.466. The maximum atomic E-state index is 13.1. The maximum absolute atomic E-state index is 13.1. The molecule has 30 heavy (non-hydrogen) atoms. The second-order valence-electron chi connectivity index (χ2n) is 7.30. The van der Waals surface area contributed by atoms with Crippen LogP contribution in [0.1, 0.15) is 39.6 Å². The molecule has 1 aliphatic heterocycles. The quantitative estimate of drug-likeness (QED) is 0.682. The fourth-order valence-electron chi connectivity index (χ4n) is 3.75. The Bertz CT molecular complexity index is 1100. The number of anilines is 1. The van der Waals surface area contributed by atoms with Crippen molar-refractivity contribution >= 4 is 17.5 Å². The van der Waals surface area contributed by atoms with Gasteiger partial charge in [0, 0.05) is 18.4 Å². The Morgan fingerprint density at radius 3 is 2.77 bits per heavy atom. The Kier molecular flexibility index (Phi) is 5.48. The molecule has 0 unspecified atom stereocenters. The zero-order valence-corrected chi connectivity index (χ0v) is 17.0. The fourth-order valence-corrected chi connectivity index (χ4v) is 3.75. The SMILES string of the molecule is COc1cccc(CNC(=O)C[C@H]2c3ncccc3C(=O)N2c2cccc(C)c2)c1. The van der Waals surface area contributed by atoms with Gasteiger partial charge in [-0.1, -0.05) is 24.3 Å². The van der Waals surface area contributed by atoms with E-state index >= 15 is 0 Å². The van der Waals surface area contributed by atoms with Gasteiger partial charge in [0.15, 0.2) is 0 Å². The minimum Gasteiger partial charge on any atom is -0.497 e. The molecule has 6 heteroatoms. The molecule has 2 heterocycles. The lowest BCUT2D eigenvalue weighted by atomic mass is 10.1. The van der Waals surface area contributed by atoms with Gasteiger partial charge in [0.2, 0.25) is 5.91 Å². The van der Waals surface area contributed by atoms with Gasteiger partial charge in [-0.25, -0.2) is 0 Å². The number of rotatable bonds is 6. The third-order valence-electron chi connectivity index (χ3n) is 5.20. The highest BCUT2D eigenvalue weighted by Gasteiger charge is 2.39. The summed E-state index contributed by atoms with van der Waals surface area (Å²) in [6.45, 7) is 2.36. The summed E-state index contributed by atoms with van der Waals surface area (Å²) >= 11 is 0. The predicted octanol–water partition coefficient (Wildman–Crippen LogP) is 3.81. The van der Waals surface area contributed by atoms with Crippen molar-refractivity contribution in [2.24, 2.45) is 0 Å². The van der Waals surface area contributed by atoms with E-state index in [9.17, 15) is 9.59 Å². The van der Waals surface area contributed by atoms with Crippen molar-refractivity contribution in [1.82, 2.24) is 10.3 Å². The van der Waals surface area contributed by atoms with Crippen molar-refractivity contribution in [2.45, 2.75) is 25.9 Å². The molecule has 0 radical (unpaired) electrons. The molecule has 0 fully saturated rings. The van der Waals surface area contributed by atoms with Crippen molar-refractivity contribution in [3.8, 4) is 5.75 Å². The molecule has 0 spiro atoms. The average Bonchev–Trinajstić information content (AvgIpc) is 3.04. The van der Waals surface area contributed by atoms with E-state index in [0.717, 1.165) is 22.6 Å². The summed E-state index contributed by atoms with van der Waals surface area (Å²) in [7, 11) is 1.61. The number of methoxy groups -OCH3 is 1. The van der Waals surface area contributed by atoms with Gasteiger partial charge in [0.25, 0.3) is 5.91 Å². The molecule has 3 aromatic rings. The van der Waals surface area contributed by atoms with Gasteiger partial charge in [0.1, 0.15) is 5.75 Å². The normalized spacial score (nSPS) is 15.1. The Morgan fingerprint density at radius 1 is 1.13 bits per heavy atom. The standard InChI is InChI=1S/C24H23N3O3/c1-16-6-3-8-18(12-16)27-21(23-20(24(27)29)10-5-11-25-23)14-22(28)26-15-17-7-4-9-19(13-17)30-2/h3-13,21H,14-15H2,1-2H3,(H,26,28)/t21-/m0/s1. The molecule has 4 rings (SSSR count). The van der Waals surface area contributed by atoms with Gasteiger partial charge in [0.05, 0.1) is 30.8 Å². The molecule has 0 saturated heterocycles. The van der Waals surface area contributed by atoms with Crippen LogP contribution in [0.5, 0.6) is 5.75 Å². The first kappa shape index (κ1) is 19.6. The van der Waals surface area contributed by atoms with Crippen LogP contribution >= 0.6 is 0 Å². The lowest BCUT2D eigenvalue weighted by molar-refractivity contribution is -0.121. The number of ether oxygens (including phenoxy) is 1. The molecule has 2 aromatic carbocycles. The van der Waals surface area contributed by atoms with E-state index in [1.165, 1.54) is 0 Å². The van der Waals surface area contributed by atoms with Gasteiger partial charge in [-0.3, -0.25) is 19.5 Å². The highest BCUT2D eigenvalue weighted by atomic mass is 16.5. The zero-order valence-electron chi connectivity index (χ0n) is 17.0. The van der Waals surface area contributed by atoms with Crippen LogP contribution in [0, 0.1) is 6.92 Å². The summed E-state index contributed by atoms with van der Waals surface area (Å²) in [6, 6.07) is 18.3. The molecule has 2 amide bonds. The van der Waals surface area contributed by atoms with Crippen LogP contribution in [-0.2, 0) is 11.3 Å². The molecule has 0 saturated carbocycles. The summed E-state index contributed by atoms with van der Waals surface area (Å²) in [4.78, 5) is 32.0. The van der Waals surface area contributed by atoms with Crippen LogP contribution in [0.3, 0.4) is 0 Å². The minimum atomic E-state index is -0.444. The van der Waals surface area contributed by atoms with Crippen LogP contribution in [-0.4, -0.2) is 23.9 Å². The van der Waals surface area contributed by atoms with E-state index in [0.29, 0.717) is 17.8 Å². The van der Waals surface area contributed by atoms with Crippen LogP contribution in [0.25, 0.3) is 0 Å². The summed E-state index contributed by atoms with van der Waals surface area (Å²) < 4.78 is 5.23. The Balaban J connectivity index is 1.55. The molecular formula is C24H23N3O3. The van der Waals surface area contributed by atoms with Crippen molar-refractivity contribution in [2.75, 3.05) is 12.0 Å². The maximum Gasteiger partial charge on any atom is 0.260 e. The molecule has 1 atom stereocenters. The number of carbonyl (C=O) groups excluding carboxylic acids is 2. The largest absolute Gasteiger partial charge is 0.497 e. The second kappa shape index (κ2) is 8.37. The van der Waals surface area contributed by atoms with E-state index in [4.69, 9.17) is 4.74 Å². The van der Waals surface area contributed by atoms with E-state index in [-0.39, 0.29) is 18.2 Å². The van der Waals surface area contributed by atoms with E-state index in [1.807, 2.05) is 55.5 Å². The molecule has 0 bridgehead atoms. The molecule has 0 aliphatic carbocycles. The van der Waals surface area contributed by atoms with E-state index < -0.39 is 6.04 Å². The predicted molar refractivity (Wildman–Crippen MR) is 114 cm³/mol. The van der Waals surface area contributed by atoms with Gasteiger partial charge in [-0.2, -0.15) is 0 Å². The van der Waals surface area contributed by atoms with Crippen molar-refractivity contribution in [1.29, 1.82) is 0 Å². The number of aromatic nitrogens is 1. The average molecular weight is 401 g/mol. The smallest absolute Gasteiger partial charge is 0.260 e. The van der Waals surface area contributed by atoms with Crippen LogP contribution in [0.4, 0.5) is 5.69 Å². The Labute approximate surface area is 175 Å². The number of pyridine rings is 1. The first-order chi connectivity index (χ1) is 14.6. The summed E-state index contributed by atoms with van der Waals surface area (Å²) in [6.07, 6.45) is 1.79. The minimum absolute atomic E-state index is 0.130. The third kappa shape index (κ3) is 3.89. The molecule has 1 aromatic heterocycles. The number of hydrogen-bond acceptors (Lipinski definition) is 4. The number of nitrogens with zero attached hydrogens (tertiary/aromatic N) is 2. The topological polar surface area (TPSA) is 71.5 Å². The van der Waals surface area contributed by atoms with Crippen LogP contribution in [0.2, 0.25) is 0 Å². The molecule has 6 nitrogen and oxygen atoms in total. The second-order valence-corrected chi connectivity index (χ2v) is 7.30. The highest BCUT2D eigenvalue weighted by Crippen LogP contribution is 2.38. The van der Waals surface area contributed by atoms with Gasteiger partial charge in [-0.15, -0.1) is 0 Å². The van der Waals surface area contributed by atoms with Crippen LogP contribution in [0.15, 0.2) is 66.9 Å². The lowest BCUT2D eigenvalue weighted by Gasteiger charge is -2.25.